The van der Waals surface area contributed by atoms with E-state index in [1.54, 1.807) is 0 Å². The molecule has 1 fully saturated rings. The fourth-order valence-electron chi connectivity index (χ4n) is 1.48. The van der Waals surface area contributed by atoms with Crippen LogP contribution in [0.2, 0.25) is 0 Å². The number of nitrogens with zero attached hydrogens (tertiary/aromatic N) is 4. The van der Waals surface area contributed by atoms with Gasteiger partial charge >= 0.3 is 0 Å². The maximum Gasteiger partial charge on any atom is 0.271 e. The maximum absolute atomic E-state index is 8.64. The Morgan fingerprint density at radius 2 is 2.28 bits per heavy atom. The van der Waals surface area contributed by atoms with E-state index in [1.807, 2.05) is 0 Å². The zero-order valence-corrected chi connectivity index (χ0v) is 11.2. The lowest BCUT2D eigenvalue weighted by molar-refractivity contribution is 0.122. The number of anilines is 1. The number of alkyl halides is 1. The maximum atomic E-state index is 8.64. The van der Waals surface area contributed by atoms with Crippen LogP contribution in [0.1, 0.15) is 0 Å². The molecule has 0 aliphatic carbocycles. The van der Waals surface area contributed by atoms with E-state index in [4.69, 9.17) is 26.3 Å². The van der Waals surface area contributed by atoms with Gasteiger partial charge in [-0.1, -0.05) is 5.16 Å². The molecule has 2 heterocycles. The monoisotopic (exact) mass is 292 g/mol. The van der Waals surface area contributed by atoms with Crippen molar-refractivity contribution in [3.8, 4) is 5.88 Å². The van der Waals surface area contributed by atoms with Crippen LogP contribution in [0.15, 0.2) is 5.16 Å². The molecule has 0 bridgehead atoms. The highest BCUT2D eigenvalue weighted by atomic mass is 35.5. The molecule has 0 atom stereocenters. The molecule has 0 spiro atoms. The zero-order valence-electron chi connectivity index (χ0n) is 9.58. The Morgan fingerprint density at radius 3 is 2.94 bits per heavy atom. The molecule has 1 aromatic heterocycles. The van der Waals surface area contributed by atoms with Gasteiger partial charge in [-0.05, 0) is 0 Å². The lowest BCUT2D eigenvalue weighted by atomic mass is 10.4. The highest BCUT2D eigenvalue weighted by Gasteiger charge is 2.20. The normalized spacial score (nSPS) is 16.9. The van der Waals surface area contributed by atoms with Gasteiger partial charge in [-0.25, -0.2) is 0 Å². The number of rotatable bonds is 5. The number of morpholine rings is 1. The second kappa shape index (κ2) is 6.72. The summed E-state index contributed by atoms with van der Waals surface area (Å²) in [5.41, 5.74) is 0.345. The van der Waals surface area contributed by atoms with Crippen LogP contribution in [-0.4, -0.2) is 58.5 Å². The van der Waals surface area contributed by atoms with Crippen LogP contribution in [0, 0.1) is 0 Å². The third kappa shape index (κ3) is 3.21. The molecule has 0 aromatic carbocycles. The van der Waals surface area contributed by atoms with E-state index in [2.05, 4.69) is 18.8 Å². The second-order valence-corrected chi connectivity index (χ2v) is 4.38. The van der Waals surface area contributed by atoms with E-state index >= 15 is 0 Å². The Hall–Kier alpha value is -1.12. The van der Waals surface area contributed by atoms with Crippen molar-refractivity contribution >= 4 is 34.9 Å². The standard InChI is InChI=1S/C9H13ClN4O3S/c10-5-7(11-15)6-17-9-8(12-18-13-9)14-1-3-16-4-2-14/h15H,1-6H2. The second-order valence-electron chi connectivity index (χ2n) is 3.58. The third-order valence-corrected chi connectivity index (χ3v) is 3.23. The minimum absolute atomic E-state index is 0.1000. The first-order valence-corrected chi connectivity index (χ1v) is 6.65. The summed E-state index contributed by atoms with van der Waals surface area (Å²) in [6.45, 7) is 2.96. The molecule has 18 heavy (non-hydrogen) atoms. The summed E-state index contributed by atoms with van der Waals surface area (Å²) in [5, 5.41) is 11.7. The predicted octanol–water partition coefficient (Wildman–Crippen LogP) is 0.823. The Labute approximate surface area is 113 Å². The molecule has 100 valence electrons. The summed E-state index contributed by atoms with van der Waals surface area (Å²) in [7, 11) is 0. The molecule has 1 aromatic rings. The van der Waals surface area contributed by atoms with Crippen LogP contribution >= 0.6 is 23.3 Å². The highest BCUT2D eigenvalue weighted by Crippen LogP contribution is 2.26. The van der Waals surface area contributed by atoms with Gasteiger partial charge in [0, 0.05) is 13.1 Å². The number of hydrogen-bond donors (Lipinski definition) is 1. The van der Waals surface area contributed by atoms with Gasteiger partial charge in [0.15, 0.2) is 0 Å². The van der Waals surface area contributed by atoms with Crippen molar-refractivity contribution in [2.75, 3.05) is 43.7 Å². The molecule has 1 aliphatic rings. The summed E-state index contributed by atoms with van der Waals surface area (Å²) < 4.78 is 19.0. The summed E-state index contributed by atoms with van der Waals surface area (Å²) in [6, 6.07) is 0. The molecule has 7 nitrogen and oxygen atoms in total. The molecule has 1 aliphatic heterocycles. The van der Waals surface area contributed by atoms with Crippen molar-refractivity contribution in [3.63, 3.8) is 0 Å². The smallest absolute Gasteiger partial charge is 0.271 e. The van der Waals surface area contributed by atoms with Gasteiger partial charge < -0.3 is 19.6 Å². The van der Waals surface area contributed by atoms with Gasteiger partial charge in [-0.2, -0.15) is 4.37 Å². The van der Waals surface area contributed by atoms with Gasteiger partial charge in [-0.3, -0.25) is 0 Å². The number of aromatic nitrogens is 2. The van der Waals surface area contributed by atoms with E-state index in [-0.39, 0.29) is 12.5 Å². The first kappa shape index (κ1) is 13.3. The number of hydrogen-bond acceptors (Lipinski definition) is 8. The average Bonchev–Trinajstić information content (AvgIpc) is 2.89. The Morgan fingerprint density at radius 1 is 1.50 bits per heavy atom. The first-order valence-electron chi connectivity index (χ1n) is 5.39. The van der Waals surface area contributed by atoms with Gasteiger partial charge in [-0.15, -0.1) is 16.0 Å². The fraction of sp³-hybridized carbons (Fsp3) is 0.667. The third-order valence-electron chi connectivity index (χ3n) is 2.42. The van der Waals surface area contributed by atoms with E-state index < -0.39 is 0 Å². The van der Waals surface area contributed by atoms with E-state index in [0.717, 1.165) is 24.8 Å². The summed E-state index contributed by atoms with van der Waals surface area (Å²) in [5.74, 6) is 1.25. The van der Waals surface area contributed by atoms with Crippen LogP contribution in [0.5, 0.6) is 5.88 Å². The Kier molecular flexibility index (Phi) is 4.97. The van der Waals surface area contributed by atoms with E-state index in [0.29, 0.717) is 30.6 Å². The van der Waals surface area contributed by atoms with Gasteiger partial charge in [0.2, 0.25) is 5.82 Å². The Bertz CT molecular complexity index is 408. The molecular weight excluding hydrogens is 280 g/mol. The molecule has 9 heteroatoms. The summed E-state index contributed by atoms with van der Waals surface area (Å²) in [6.07, 6.45) is 0. The minimum Gasteiger partial charge on any atom is -0.468 e. The molecule has 0 radical (unpaired) electrons. The SMILES string of the molecule is ON=C(CCl)COc1nsnc1N1CCOCC1. The largest absolute Gasteiger partial charge is 0.468 e. The van der Waals surface area contributed by atoms with E-state index in [9.17, 15) is 0 Å². The van der Waals surface area contributed by atoms with Crippen molar-refractivity contribution in [1.82, 2.24) is 8.75 Å². The van der Waals surface area contributed by atoms with Crippen molar-refractivity contribution < 1.29 is 14.7 Å². The molecule has 0 unspecified atom stereocenters. The Balaban J connectivity index is 1.98. The van der Waals surface area contributed by atoms with Gasteiger partial charge in [0.1, 0.15) is 12.3 Å². The quantitative estimate of drug-likeness (QED) is 0.375. The van der Waals surface area contributed by atoms with Crippen LogP contribution in [0.25, 0.3) is 0 Å². The molecule has 1 saturated heterocycles. The van der Waals surface area contributed by atoms with Crippen molar-refractivity contribution in [1.29, 1.82) is 0 Å². The number of halogens is 1. The average molecular weight is 293 g/mol. The van der Waals surface area contributed by atoms with Crippen molar-refractivity contribution in [2.24, 2.45) is 5.16 Å². The minimum atomic E-state index is 0.1000. The van der Waals surface area contributed by atoms with Crippen LogP contribution in [0.4, 0.5) is 5.82 Å². The van der Waals surface area contributed by atoms with E-state index in [1.165, 1.54) is 0 Å². The lowest BCUT2D eigenvalue weighted by Gasteiger charge is -2.26. The fourth-order valence-corrected chi connectivity index (χ4v) is 2.13. The predicted molar refractivity (Wildman–Crippen MR) is 68.4 cm³/mol. The summed E-state index contributed by atoms with van der Waals surface area (Å²) >= 11 is 6.65. The van der Waals surface area contributed by atoms with Crippen LogP contribution < -0.4 is 9.64 Å². The summed E-state index contributed by atoms with van der Waals surface area (Å²) in [4.78, 5) is 2.05. The van der Waals surface area contributed by atoms with Crippen molar-refractivity contribution in [3.05, 3.63) is 0 Å². The zero-order chi connectivity index (χ0) is 12.8. The first-order chi connectivity index (χ1) is 8.85. The molecule has 2 rings (SSSR count). The lowest BCUT2D eigenvalue weighted by Crippen LogP contribution is -2.36. The molecule has 1 N–H and O–H groups in total. The number of oxime groups is 1. The highest BCUT2D eigenvalue weighted by molar-refractivity contribution is 6.99. The molecule has 0 amide bonds. The van der Waals surface area contributed by atoms with Crippen LogP contribution in [0.3, 0.4) is 0 Å². The molecular formula is C9H13ClN4O3S. The molecule has 0 saturated carbocycles. The van der Waals surface area contributed by atoms with Gasteiger partial charge in [0.05, 0.1) is 30.8 Å². The topological polar surface area (TPSA) is 80.1 Å². The van der Waals surface area contributed by atoms with Crippen molar-refractivity contribution in [2.45, 2.75) is 0 Å². The van der Waals surface area contributed by atoms with Gasteiger partial charge in [0.25, 0.3) is 5.88 Å². The van der Waals surface area contributed by atoms with Crippen LogP contribution in [-0.2, 0) is 4.74 Å². The number of ether oxygens (including phenoxy) is 2.